The molecule has 1 fully saturated rings. The highest BCUT2D eigenvalue weighted by Crippen LogP contribution is 2.28. The molecule has 29 heavy (non-hydrogen) atoms. The second-order valence-corrected chi connectivity index (χ2v) is 7.33. The Kier molecular flexibility index (Phi) is 12.0. The van der Waals surface area contributed by atoms with Crippen molar-refractivity contribution in [1.29, 1.82) is 0 Å². The van der Waals surface area contributed by atoms with E-state index in [4.69, 9.17) is 14.5 Å². The largest absolute Gasteiger partial charge is 0.484 e. The van der Waals surface area contributed by atoms with Crippen LogP contribution < -0.4 is 10.1 Å². The Morgan fingerprint density at radius 2 is 2.03 bits per heavy atom. The summed E-state index contributed by atoms with van der Waals surface area (Å²) in [5, 5.41) is 3.32. The van der Waals surface area contributed by atoms with E-state index in [1.807, 2.05) is 31.3 Å². The first-order valence-electron chi connectivity index (χ1n) is 9.98. The van der Waals surface area contributed by atoms with Crippen LogP contribution in [0.25, 0.3) is 0 Å². The van der Waals surface area contributed by atoms with Crippen molar-refractivity contribution in [3.63, 3.8) is 0 Å². The van der Waals surface area contributed by atoms with Gasteiger partial charge < -0.3 is 24.6 Å². The molecular weight excluding hydrogens is 483 g/mol. The van der Waals surface area contributed by atoms with Crippen LogP contribution in [0.5, 0.6) is 5.75 Å². The minimum atomic E-state index is -0.0663. The van der Waals surface area contributed by atoms with Crippen molar-refractivity contribution < 1.29 is 14.3 Å². The topological polar surface area (TPSA) is 66.4 Å². The maximum Gasteiger partial charge on any atom is 0.259 e. The summed E-state index contributed by atoms with van der Waals surface area (Å²) in [6, 6.07) is 7.70. The van der Waals surface area contributed by atoms with E-state index in [0.29, 0.717) is 18.9 Å². The summed E-state index contributed by atoms with van der Waals surface area (Å²) in [4.78, 5) is 20.0. The van der Waals surface area contributed by atoms with Gasteiger partial charge in [0, 0.05) is 40.8 Å². The fraction of sp³-hybridized carbons (Fsp3) is 0.619. The Morgan fingerprint density at radius 3 is 2.69 bits per heavy atom. The number of guanidine groups is 1. The molecule has 2 rings (SSSR count). The average Bonchev–Trinajstić information content (AvgIpc) is 3.51. The third-order valence-corrected chi connectivity index (χ3v) is 4.49. The third kappa shape index (κ3) is 10.2. The SMILES string of the molecule is CCNC(=NCc1cccc(OCC(=O)N(C)C)c1)N(C)CCOCC1CC1.I. The molecule has 8 heteroatoms. The molecule has 0 radical (unpaired) electrons. The highest BCUT2D eigenvalue weighted by Gasteiger charge is 2.21. The van der Waals surface area contributed by atoms with Crippen LogP contribution in [0.3, 0.4) is 0 Å². The lowest BCUT2D eigenvalue weighted by atomic mass is 10.2. The molecule has 0 aliphatic heterocycles. The number of aliphatic imine (C=N–C) groups is 1. The Hall–Kier alpha value is -1.55. The smallest absolute Gasteiger partial charge is 0.259 e. The maximum atomic E-state index is 11.7. The Balaban J connectivity index is 0.00000420. The molecule has 0 aromatic heterocycles. The van der Waals surface area contributed by atoms with Crippen LogP contribution in [-0.2, 0) is 16.1 Å². The molecule has 0 atom stereocenters. The van der Waals surface area contributed by atoms with Gasteiger partial charge in [-0.2, -0.15) is 0 Å². The van der Waals surface area contributed by atoms with E-state index in [1.54, 1.807) is 14.1 Å². The number of nitrogens with one attached hydrogen (secondary N) is 1. The lowest BCUT2D eigenvalue weighted by Crippen LogP contribution is -2.40. The Bertz CT molecular complexity index is 651. The van der Waals surface area contributed by atoms with Gasteiger partial charge in [0.1, 0.15) is 5.75 Å². The van der Waals surface area contributed by atoms with Crippen LogP contribution in [0.4, 0.5) is 0 Å². The zero-order chi connectivity index (χ0) is 20.4. The van der Waals surface area contributed by atoms with Gasteiger partial charge in [0.25, 0.3) is 5.91 Å². The van der Waals surface area contributed by atoms with Crippen LogP contribution in [-0.4, -0.2) is 75.7 Å². The first kappa shape index (κ1) is 25.5. The number of benzene rings is 1. The van der Waals surface area contributed by atoms with Gasteiger partial charge in [-0.3, -0.25) is 4.79 Å². The van der Waals surface area contributed by atoms with Crippen molar-refractivity contribution in [3.05, 3.63) is 29.8 Å². The lowest BCUT2D eigenvalue weighted by molar-refractivity contribution is -0.130. The number of amides is 1. The molecule has 1 amide bonds. The molecule has 0 unspecified atom stereocenters. The first-order chi connectivity index (χ1) is 13.5. The molecule has 0 saturated heterocycles. The zero-order valence-corrected chi connectivity index (χ0v) is 20.3. The van der Waals surface area contributed by atoms with Gasteiger partial charge in [0.2, 0.25) is 0 Å². The van der Waals surface area contributed by atoms with E-state index < -0.39 is 0 Å². The summed E-state index contributed by atoms with van der Waals surface area (Å²) in [7, 11) is 5.45. The van der Waals surface area contributed by atoms with Crippen LogP contribution in [0.1, 0.15) is 25.3 Å². The maximum absolute atomic E-state index is 11.7. The summed E-state index contributed by atoms with van der Waals surface area (Å²) in [6.07, 6.45) is 2.62. The van der Waals surface area contributed by atoms with E-state index in [9.17, 15) is 4.79 Å². The van der Waals surface area contributed by atoms with E-state index in [2.05, 4.69) is 17.1 Å². The highest BCUT2D eigenvalue weighted by atomic mass is 127. The molecule has 1 aliphatic rings. The van der Waals surface area contributed by atoms with E-state index in [1.165, 1.54) is 17.7 Å². The quantitative estimate of drug-likeness (QED) is 0.211. The van der Waals surface area contributed by atoms with Crippen LogP contribution in [0.15, 0.2) is 29.3 Å². The number of rotatable bonds is 11. The molecule has 1 aromatic rings. The van der Waals surface area contributed by atoms with Crippen LogP contribution >= 0.6 is 24.0 Å². The van der Waals surface area contributed by atoms with Crippen LogP contribution in [0, 0.1) is 5.92 Å². The Morgan fingerprint density at radius 1 is 1.28 bits per heavy atom. The van der Waals surface area contributed by atoms with Crippen LogP contribution in [0.2, 0.25) is 0 Å². The zero-order valence-electron chi connectivity index (χ0n) is 18.0. The normalized spacial score (nSPS) is 13.4. The molecule has 164 valence electrons. The van der Waals surface area contributed by atoms with E-state index in [-0.39, 0.29) is 36.5 Å². The minimum Gasteiger partial charge on any atom is -0.484 e. The van der Waals surface area contributed by atoms with Gasteiger partial charge in [0.15, 0.2) is 12.6 Å². The van der Waals surface area contributed by atoms with Gasteiger partial charge in [-0.25, -0.2) is 4.99 Å². The predicted octanol–water partition coefficient (Wildman–Crippen LogP) is 2.60. The fourth-order valence-corrected chi connectivity index (χ4v) is 2.49. The number of hydrogen-bond donors (Lipinski definition) is 1. The summed E-state index contributed by atoms with van der Waals surface area (Å²) in [5.41, 5.74) is 1.03. The number of hydrogen-bond acceptors (Lipinski definition) is 4. The summed E-state index contributed by atoms with van der Waals surface area (Å²) >= 11 is 0. The molecule has 7 nitrogen and oxygen atoms in total. The molecule has 0 heterocycles. The van der Waals surface area contributed by atoms with Crippen molar-refractivity contribution in [1.82, 2.24) is 15.1 Å². The van der Waals surface area contributed by atoms with Gasteiger partial charge in [-0.15, -0.1) is 24.0 Å². The predicted molar refractivity (Wildman–Crippen MR) is 127 cm³/mol. The van der Waals surface area contributed by atoms with Crippen molar-refractivity contribution >= 4 is 35.8 Å². The number of likely N-dealkylation sites (N-methyl/N-ethyl adjacent to an activating group) is 2. The first-order valence-corrected chi connectivity index (χ1v) is 9.98. The van der Waals surface area contributed by atoms with Gasteiger partial charge >= 0.3 is 0 Å². The third-order valence-electron chi connectivity index (χ3n) is 4.49. The highest BCUT2D eigenvalue weighted by molar-refractivity contribution is 14.0. The van der Waals surface area contributed by atoms with Crippen molar-refractivity contribution in [2.24, 2.45) is 10.9 Å². The number of ether oxygens (including phenoxy) is 2. The number of nitrogens with zero attached hydrogens (tertiary/aromatic N) is 3. The van der Waals surface area contributed by atoms with E-state index >= 15 is 0 Å². The minimum absolute atomic E-state index is 0. The van der Waals surface area contributed by atoms with Crippen molar-refractivity contribution in [2.45, 2.75) is 26.3 Å². The summed E-state index contributed by atoms with van der Waals surface area (Å²) in [5.74, 6) is 2.25. The number of carbonyl (C=O) groups is 1. The molecule has 1 N–H and O–H groups in total. The second kappa shape index (κ2) is 13.6. The molecule has 0 bridgehead atoms. The molecule has 1 aliphatic carbocycles. The number of halogens is 1. The fourth-order valence-electron chi connectivity index (χ4n) is 2.49. The molecule has 1 saturated carbocycles. The molecular formula is C21H35IN4O3. The second-order valence-electron chi connectivity index (χ2n) is 7.33. The standard InChI is InChI=1S/C21H34N4O3.HI/c1-5-22-21(25(4)11-12-27-15-17-9-10-17)23-14-18-7-6-8-19(13-18)28-16-20(26)24(2)3;/h6-8,13,17H,5,9-12,14-16H2,1-4H3,(H,22,23);1H. The van der Waals surface area contributed by atoms with E-state index in [0.717, 1.165) is 37.1 Å². The molecule has 1 aromatic carbocycles. The lowest BCUT2D eigenvalue weighted by Gasteiger charge is -2.22. The molecule has 0 spiro atoms. The van der Waals surface area contributed by atoms with Gasteiger partial charge in [-0.1, -0.05) is 12.1 Å². The Labute approximate surface area is 191 Å². The van der Waals surface area contributed by atoms with Gasteiger partial charge in [0.05, 0.1) is 13.2 Å². The average molecular weight is 518 g/mol. The monoisotopic (exact) mass is 518 g/mol. The van der Waals surface area contributed by atoms with Crippen molar-refractivity contribution in [3.8, 4) is 5.75 Å². The van der Waals surface area contributed by atoms with Gasteiger partial charge in [-0.05, 0) is 43.4 Å². The summed E-state index contributed by atoms with van der Waals surface area (Å²) < 4.78 is 11.3. The van der Waals surface area contributed by atoms with Crippen molar-refractivity contribution in [2.75, 3.05) is 54.1 Å². The number of carbonyl (C=O) groups excluding carboxylic acids is 1. The summed E-state index contributed by atoms with van der Waals surface area (Å²) in [6.45, 7) is 5.82.